The summed E-state index contributed by atoms with van der Waals surface area (Å²) in [7, 11) is 0. The third kappa shape index (κ3) is 4.99. The molecule has 1 atom stereocenters. The van der Waals surface area contributed by atoms with Gasteiger partial charge in [-0.1, -0.05) is 10.3 Å². The molecule has 0 fully saturated rings. The van der Waals surface area contributed by atoms with E-state index in [-0.39, 0.29) is 12.8 Å². The molecule has 0 heterocycles. The fourth-order valence-electron chi connectivity index (χ4n) is 0.640. The average Bonchev–Trinajstić information content (AvgIpc) is 2.15. The van der Waals surface area contributed by atoms with E-state index in [0.717, 1.165) is 0 Å². The van der Waals surface area contributed by atoms with E-state index in [9.17, 15) is 9.59 Å². The lowest BCUT2D eigenvalue weighted by Gasteiger charge is -2.05. The van der Waals surface area contributed by atoms with Crippen LogP contribution >= 0.6 is 0 Å². The van der Waals surface area contributed by atoms with Gasteiger partial charge in [0.15, 0.2) is 0 Å². The zero-order chi connectivity index (χ0) is 11.0. The van der Waals surface area contributed by atoms with Crippen LogP contribution in [0.2, 0.25) is 0 Å². The number of carbonyl (C=O) groups is 2. The summed E-state index contributed by atoms with van der Waals surface area (Å²) in [5, 5.41) is 5.81. The number of nitrogens with zero attached hydrogens (tertiary/aromatic N) is 2. The monoisotopic (exact) mass is 201 g/mol. The minimum absolute atomic E-state index is 0.0492. The van der Waals surface area contributed by atoms with Crippen LogP contribution in [0, 0.1) is 0 Å². The van der Waals surface area contributed by atoms with Gasteiger partial charge < -0.3 is 15.4 Å². The predicted octanol–water partition coefficient (Wildman–Crippen LogP) is -0.588. The van der Waals surface area contributed by atoms with Crippen LogP contribution in [0.5, 0.6) is 0 Å². The topological polar surface area (TPSA) is 103 Å². The Morgan fingerprint density at radius 2 is 1.86 bits per heavy atom. The van der Waals surface area contributed by atoms with Gasteiger partial charge in [-0.3, -0.25) is 0 Å². The summed E-state index contributed by atoms with van der Waals surface area (Å²) in [6, 6.07) is -0.933. The van der Waals surface area contributed by atoms with Crippen molar-refractivity contribution in [2.45, 2.75) is 18.9 Å². The number of oxime groups is 2. The first kappa shape index (κ1) is 12.2. The molecule has 0 saturated carbocycles. The highest BCUT2D eigenvalue weighted by Gasteiger charge is 2.17. The van der Waals surface area contributed by atoms with Crippen molar-refractivity contribution in [3.05, 3.63) is 0 Å². The van der Waals surface area contributed by atoms with Crippen LogP contribution in [0.25, 0.3) is 0 Å². The Morgan fingerprint density at radius 3 is 2.36 bits per heavy atom. The minimum atomic E-state index is -0.933. The molecule has 0 aromatic carbocycles. The second kappa shape index (κ2) is 6.72. The van der Waals surface area contributed by atoms with E-state index in [4.69, 9.17) is 5.73 Å². The molecule has 14 heavy (non-hydrogen) atoms. The van der Waals surface area contributed by atoms with Crippen LogP contribution in [0.4, 0.5) is 0 Å². The summed E-state index contributed by atoms with van der Waals surface area (Å²) in [5.41, 5.74) is 5.33. The molecule has 7 heteroatoms. The van der Waals surface area contributed by atoms with Gasteiger partial charge in [0.2, 0.25) is 0 Å². The van der Waals surface area contributed by atoms with Crippen LogP contribution in [0.1, 0.15) is 12.8 Å². The molecule has 0 unspecified atom stereocenters. The van der Waals surface area contributed by atoms with Gasteiger partial charge >= 0.3 is 11.9 Å². The van der Waals surface area contributed by atoms with Gasteiger partial charge in [-0.25, -0.2) is 9.59 Å². The maximum absolute atomic E-state index is 10.8. The summed E-state index contributed by atoms with van der Waals surface area (Å²) in [5.74, 6) is -1.37. The second-order valence-electron chi connectivity index (χ2n) is 2.28. The van der Waals surface area contributed by atoms with Crippen molar-refractivity contribution in [3.8, 4) is 0 Å². The zero-order valence-electron chi connectivity index (χ0n) is 7.51. The highest BCUT2D eigenvalue weighted by Crippen LogP contribution is 1.99. The Bertz CT molecular complexity index is 241. The molecular formula is C7H11N3O4. The van der Waals surface area contributed by atoms with E-state index in [0.29, 0.717) is 0 Å². The summed E-state index contributed by atoms with van der Waals surface area (Å²) < 4.78 is 0. The fourth-order valence-corrected chi connectivity index (χ4v) is 0.640. The first-order valence-electron chi connectivity index (χ1n) is 3.70. The van der Waals surface area contributed by atoms with Gasteiger partial charge in [-0.2, -0.15) is 0 Å². The molecule has 0 spiro atoms. The van der Waals surface area contributed by atoms with Crippen LogP contribution in [0.3, 0.4) is 0 Å². The molecule has 2 N–H and O–H groups in total. The van der Waals surface area contributed by atoms with Crippen LogP contribution in [0.15, 0.2) is 10.3 Å². The van der Waals surface area contributed by atoms with E-state index in [1.165, 1.54) is 0 Å². The number of nitrogens with two attached hydrogens (primary N) is 1. The molecule has 0 radical (unpaired) electrons. The van der Waals surface area contributed by atoms with Crippen molar-refractivity contribution >= 4 is 25.4 Å². The van der Waals surface area contributed by atoms with Gasteiger partial charge in [0.1, 0.15) is 6.04 Å². The first-order valence-corrected chi connectivity index (χ1v) is 3.70. The lowest BCUT2D eigenvalue weighted by Crippen LogP contribution is -2.31. The zero-order valence-corrected chi connectivity index (χ0v) is 7.51. The molecule has 0 aromatic heterocycles. The molecule has 0 bridgehead atoms. The molecule has 0 aliphatic rings. The summed E-state index contributed by atoms with van der Waals surface area (Å²) in [6.45, 7) is 5.90. The van der Waals surface area contributed by atoms with Crippen molar-refractivity contribution < 1.29 is 19.3 Å². The molecule has 0 amide bonds. The van der Waals surface area contributed by atoms with Crippen molar-refractivity contribution in [1.29, 1.82) is 0 Å². The quantitative estimate of drug-likeness (QED) is 0.351. The Hall–Kier alpha value is -1.76. The lowest BCUT2D eigenvalue weighted by molar-refractivity contribution is -0.146. The molecule has 0 rings (SSSR count). The molecule has 78 valence electrons. The van der Waals surface area contributed by atoms with Gasteiger partial charge in [0.25, 0.3) is 0 Å². The lowest BCUT2D eigenvalue weighted by atomic mass is 10.2. The number of rotatable bonds is 6. The molecule has 7 nitrogen and oxygen atoms in total. The van der Waals surface area contributed by atoms with Crippen molar-refractivity contribution in [2.75, 3.05) is 0 Å². The average molecular weight is 201 g/mol. The normalized spacial score (nSPS) is 11.2. The molecule has 0 aliphatic carbocycles. The van der Waals surface area contributed by atoms with Crippen LogP contribution in [-0.4, -0.2) is 31.4 Å². The Kier molecular flexibility index (Phi) is 5.88. The Morgan fingerprint density at radius 1 is 1.29 bits per heavy atom. The van der Waals surface area contributed by atoms with Crippen LogP contribution < -0.4 is 5.73 Å². The van der Waals surface area contributed by atoms with E-state index < -0.39 is 18.0 Å². The largest absolute Gasteiger partial charge is 0.351 e. The summed E-state index contributed by atoms with van der Waals surface area (Å²) >= 11 is 0. The van der Waals surface area contributed by atoms with Gasteiger partial charge in [0, 0.05) is 13.4 Å². The first-order chi connectivity index (χ1) is 6.61. The maximum atomic E-state index is 10.8. The van der Waals surface area contributed by atoms with Gasteiger partial charge in [-0.05, 0) is 6.42 Å². The van der Waals surface area contributed by atoms with E-state index in [2.05, 4.69) is 33.4 Å². The highest BCUT2D eigenvalue weighted by molar-refractivity contribution is 5.77. The SMILES string of the molecule is C=NOC(=O)CC[C@H](N)C(=O)ON=C. The van der Waals surface area contributed by atoms with Crippen molar-refractivity contribution in [1.82, 2.24) is 0 Å². The van der Waals surface area contributed by atoms with Crippen molar-refractivity contribution in [3.63, 3.8) is 0 Å². The summed E-state index contributed by atoms with van der Waals surface area (Å²) in [4.78, 5) is 29.9. The molecule has 0 saturated heterocycles. The van der Waals surface area contributed by atoms with Crippen molar-refractivity contribution in [2.24, 2.45) is 16.0 Å². The van der Waals surface area contributed by atoms with E-state index >= 15 is 0 Å². The molecule has 0 aromatic rings. The molecular weight excluding hydrogens is 190 g/mol. The minimum Gasteiger partial charge on any atom is -0.319 e. The predicted molar refractivity (Wildman–Crippen MR) is 48.5 cm³/mol. The Balaban J connectivity index is 3.77. The highest BCUT2D eigenvalue weighted by atomic mass is 16.7. The van der Waals surface area contributed by atoms with Gasteiger partial charge in [-0.15, -0.1) is 0 Å². The number of hydrogen-bond acceptors (Lipinski definition) is 7. The standard InChI is InChI=1S/C7H11N3O4/c1-9-13-6(11)4-3-5(8)7(12)14-10-2/h5H,1-4,8H2/t5-/m0/s1. The number of carbonyl (C=O) groups excluding carboxylic acids is 2. The third-order valence-corrected chi connectivity index (χ3v) is 1.28. The third-order valence-electron chi connectivity index (χ3n) is 1.28. The smallest absolute Gasteiger partial charge is 0.319 e. The van der Waals surface area contributed by atoms with E-state index in [1.54, 1.807) is 0 Å². The second-order valence-corrected chi connectivity index (χ2v) is 2.28. The summed E-state index contributed by atoms with van der Waals surface area (Å²) in [6.07, 6.45) is 0.0368. The fraction of sp³-hybridized carbons (Fsp3) is 0.429. The molecule has 0 aliphatic heterocycles. The Labute approximate surface area is 80.5 Å². The van der Waals surface area contributed by atoms with Gasteiger partial charge in [0.05, 0.1) is 6.42 Å². The van der Waals surface area contributed by atoms with E-state index in [1.807, 2.05) is 0 Å². The maximum Gasteiger partial charge on any atom is 0.351 e. The number of hydrogen-bond donors (Lipinski definition) is 1. The van der Waals surface area contributed by atoms with Crippen LogP contribution in [-0.2, 0) is 19.3 Å².